The Morgan fingerprint density at radius 1 is 1.29 bits per heavy atom. The molecule has 1 aliphatic rings. The van der Waals surface area contributed by atoms with Crippen LogP contribution in [0, 0.1) is 11.6 Å². The van der Waals surface area contributed by atoms with E-state index in [-0.39, 0.29) is 24.4 Å². The summed E-state index contributed by atoms with van der Waals surface area (Å²) in [4.78, 5) is 36.2. The van der Waals surface area contributed by atoms with Gasteiger partial charge in [0.25, 0.3) is 5.91 Å². The molecule has 1 saturated heterocycles. The van der Waals surface area contributed by atoms with Crippen molar-refractivity contribution in [3.8, 4) is 0 Å². The van der Waals surface area contributed by atoms with E-state index in [1.54, 1.807) is 0 Å². The molecule has 1 fully saturated rings. The molecule has 1 atom stereocenters. The number of carbonyl (C=O) groups excluding carboxylic acids is 2. The van der Waals surface area contributed by atoms with E-state index in [0.717, 1.165) is 12.1 Å². The number of nitrogens with zero attached hydrogens (tertiary/aromatic N) is 1. The molecule has 0 spiro atoms. The number of amides is 2. The summed E-state index contributed by atoms with van der Waals surface area (Å²) in [6, 6.07) is 1.88. The molecule has 0 radical (unpaired) electrons. The zero-order valence-corrected chi connectivity index (χ0v) is 12.9. The quantitative estimate of drug-likeness (QED) is 0.769. The Morgan fingerprint density at radius 2 is 2.04 bits per heavy atom. The maximum atomic E-state index is 13.4. The van der Waals surface area contributed by atoms with Gasteiger partial charge in [-0.2, -0.15) is 0 Å². The molecule has 6 nitrogen and oxygen atoms in total. The Labute approximate surface area is 137 Å². The number of hydrogen-bond donors (Lipinski definition) is 2. The molecule has 0 saturated carbocycles. The van der Waals surface area contributed by atoms with Gasteiger partial charge in [-0.05, 0) is 31.4 Å². The molecule has 0 aromatic heterocycles. The number of carboxylic acid groups (broad SMARTS) is 1. The van der Waals surface area contributed by atoms with E-state index < -0.39 is 29.6 Å². The Bertz CT molecular complexity index is 651. The monoisotopic (exact) mass is 340 g/mol. The van der Waals surface area contributed by atoms with E-state index >= 15 is 0 Å². The summed E-state index contributed by atoms with van der Waals surface area (Å²) in [5, 5.41) is 11.5. The van der Waals surface area contributed by atoms with Crippen molar-refractivity contribution in [2.45, 2.75) is 31.7 Å². The summed E-state index contributed by atoms with van der Waals surface area (Å²) in [6.07, 6.45) is 1.50. The van der Waals surface area contributed by atoms with E-state index in [9.17, 15) is 23.2 Å². The molecular formula is C16H18F2N2O4. The minimum atomic E-state index is -1.01. The van der Waals surface area contributed by atoms with Crippen molar-refractivity contribution in [2.24, 2.45) is 0 Å². The lowest BCUT2D eigenvalue weighted by Crippen LogP contribution is -2.40. The lowest BCUT2D eigenvalue weighted by Gasteiger charge is -2.21. The molecule has 0 bridgehead atoms. The van der Waals surface area contributed by atoms with Crippen molar-refractivity contribution >= 4 is 17.8 Å². The molecular weight excluding hydrogens is 322 g/mol. The number of hydrogen-bond acceptors (Lipinski definition) is 3. The second-order valence-electron chi connectivity index (χ2n) is 5.57. The van der Waals surface area contributed by atoms with Gasteiger partial charge in [0.2, 0.25) is 5.91 Å². The van der Waals surface area contributed by atoms with Gasteiger partial charge >= 0.3 is 5.97 Å². The molecule has 0 aliphatic carbocycles. The first-order chi connectivity index (χ1) is 11.4. The highest BCUT2D eigenvalue weighted by molar-refractivity contribution is 5.94. The molecule has 2 amide bonds. The van der Waals surface area contributed by atoms with E-state index in [2.05, 4.69) is 5.32 Å². The smallest absolute Gasteiger partial charge is 0.326 e. The van der Waals surface area contributed by atoms with Crippen molar-refractivity contribution < 1.29 is 28.3 Å². The van der Waals surface area contributed by atoms with Gasteiger partial charge in [-0.1, -0.05) is 0 Å². The third kappa shape index (κ3) is 4.27. The van der Waals surface area contributed by atoms with Gasteiger partial charge in [-0.15, -0.1) is 0 Å². The van der Waals surface area contributed by atoms with Crippen LogP contribution in [0.2, 0.25) is 0 Å². The summed E-state index contributed by atoms with van der Waals surface area (Å²) in [6.45, 7) is 0.552. The highest BCUT2D eigenvalue weighted by atomic mass is 19.1. The Hall–Kier alpha value is -2.51. The molecule has 1 heterocycles. The van der Waals surface area contributed by atoms with Crippen molar-refractivity contribution in [3.05, 3.63) is 35.4 Å². The van der Waals surface area contributed by atoms with Gasteiger partial charge < -0.3 is 15.3 Å². The molecule has 2 rings (SSSR count). The highest BCUT2D eigenvalue weighted by Crippen LogP contribution is 2.18. The maximum absolute atomic E-state index is 13.4. The van der Waals surface area contributed by atoms with Crippen LogP contribution >= 0.6 is 0 Å². The number of carbonyl (C=O) groups is 3. The van der Waals surface area contributed by atoms with Gasteiger partial charge in [0.05, 0.1) is 5.56 Å². The van der Waals surface area contributed by atoms with Crippen LogP contribution in [-0.2, 0) is 9.59 Å². The number of aliphatic carboxylic acids is 1. The summed E-state index contributed by atoms with van der Waals surface area (Å²) in [7, 11) is 0. The third-order valence-corrected chi connectivity index (χ3v) is 3.89. The number of rotatable bonds is 6. The topological polar surface area (TPSA) is 86.7 Å². The average molecular weight is 340 g/mol. The van der Waals surface area contributed by atoms with E-state index in [4.69, 9.17) is 5.11 Å². The van der Waals surface area contributed by atoms with Crippen LogP contribution in [0.5, 0.6) is 0 Å². The first-order valence-electron chi connectivity index (χ1n) is 7.65. The van der Waals surface area contributed by atoms with Gasteiger partial charge in [0.1, 0.15) is 17.7 Å². The molecule has 130 valence electrons. The van der Waals surface area contributed by atoms with Crippen molar-refractivity contribution in [1.82, 2.24) is 10.2 Å². The van der Waals surface area contributed by atoms with E-state index in [1.807, 2.05) is 0 Å². The lowest BCUT2D eigenvalue weighted by molar-refractivity contribution is -0.148. The van der Waals surface area contributed by atoms with Crippen LogP contribution in [0.15, 0.2) is 18.2 Å². The van der Waals surface area contributed by atoms with Gasteiger partial charge in [-0.3, -0.25) is 9.59 Å². The fraction of sp³-hybridized carbons (Fsp3) is 0.438. The fourth-order valence-corrected chi connectivity index (χ4v) is 2.68. The third-order valence-electron chi connectivity index (χ3n) is 3.89. The molecule has 8 heteroatoms. The van der Waals surface area contributed by atoms with Crippen molar-refractivity contribution in [1.29, 1.82) is 0 Å². The lowest BCUT2D eigenvalue weighted by atomic mass is 10.2. The zero-order chi connectivity index (χ0) is 17.7. The van der Waals surface area contributed by atoms with Crippen LogP contribution in [0.25, 0.3) is 0 Å². The van der Waals surface area contributed by atoms with Crippen LogP contribution in [0.1, 0.15) is 36.0 Å². The predicted molar refractivity (Wildman–Crippen MR) is 80.3 cm³/mol. The minimum absolute atomic E-state index is 0.0932. The Kier molecular flexibility index (Phi) is 5.83. The second-order valence-corrected chi connectivity index (χ2v) is 5.57. The SMILES string of the molecule is O=C(NCCCC(=O)N1CCC[C@@H]1C(=O)O)c1ccc(F)cc1F. The van der Waals surface area contributed by atoms with Crippen LogP contribution in [-0.4, -0.2) is 46.9 Å². The molecule has 1 aliphatic heterocycles. The molecule has 24 heavy (non-hydrogen) atoms. The number of nitrogens with one attached hydrogen (secondary N) is 1. The van der Waals surface area contributed by atoms with Crippen molar-refractivity contribution in [3.63, 3.8) is 0 Å². The summed E-state index contributed by atoms with van der Waals surface area (Å²) < 4.78 is 26.2. The predicted octanol–water partition coefficient (Wildman–Crippen LogP) is 1.55. The first kappa shape index (κ1) is 17.8. The van der Waals surface area contributed by atoms with Gasteiger partial charge in [-0.25, -0.2) is 13.6 Å². The molecule has 0 unspecified atom stereocenters. The number of likely N-dealkylation sites (tertiary alicyclic amines) is 1. The van der Waals surface area contributed by atoms with E-state index in [1.165, 1.54) is 4.90 Å². The average Bonchev–Trinajstić information content (AvgIpc) is 3.01. The first-order valence-corrected chi connectivity index (χ1v) is 7.65. The molecule has 1 aromatic carbocycles. The van der Waals surface area contributed by atoms with Crippen molar-refractivity contribution in [2.75, 3.05) is 13.1 Å². The normalized spacial score (nSPS) is 16.9. The van der Waals surface area contributed by atoms with Crippen LogP contribution < -0.4 is 5.32 Å². The second kappa shape index (κ2) is 7.85. The largest absolute Gasteiger partial charge is 0.480 e. The summed E-state index contributed by atoms with van der Waals surface area (Å²) in [5.74, 6) is -3.70. The fourth-order valence-electron chi connectivity index (χ4n) is 2.68. The summed E-state index contributed by atoms with van der Waals surface area (Å²) in [5.41, 5.74) is -0.270. The molecule has 2 N–H and O–H groups in total. The summed E-state index contributed by atoms with van der Waals surface area (Å²) >= 11 is 0. The van der Waals surface area contributed by atoms with Gasteiger partial charge in [0, 0.05) is 25.6 Å². The Morgan fingerprint density at radius 3 is 2.71 bits per heavy atom. The minimum Gasteiger partial charge on any atom is -0.480 e. The zero-order valence-electron chi connectivity index (χ0n) is 12.9. The van der Waals surface area contributed by atoms with E-state index in [0.29, 0.717) is 31.9 Å². The maximum Gasteiger partial charge on any atom is 0.326 e. The van der Waals surface area contributed by atoms with Crippen LogP contribution in [0.4, 0.5) is 8.78 Å². The number of benzene rings is 1. The highest BCUT2D eigenvalue weighted by Gasteiger charge is 2.33. The Balaban J connectivity index is 1.77. The number of carboxylic acids is 1. The number of halogens is 2. The standard InChI is InChI=1S/C16H18F2N2O4/c17-10-5-6-11(12(18)9-10)15(22)19-7-1-4-14(21)20-8-2-3-13(20)16(23)24/h5-6,9,13H,1-4,7-8H2,(H,19,22)(H,23,24)/t13-/m1/s1. The van der Waals surface area contributed by atoms with Crippen LogP contribution in [0.3, 0.4) is 0 Å². The van der Waals surface area contributed by atoms with Gasteiger partial charge in [0.15, 0.2) is 0 Å². The molecule has 1 aromatic rings.